The number of amides is 2. The van der Waals surface area contributed by atoms with Crippen LogP contribution in [-0.2, 0) is 22.2 Å². The summed E-state index contributed by atoms with van der Waals surface area (Å²) in [5.41, 5.74) is -1.68. The molecule has 0 bridgehead atoms. The van der Waals surface area contributed by atoms with E-state index in [0.29, 0.717) is 38.5 Å². The molecule has 0 aromatic heterocycles. The number of methoxy groups -OCH3 is 1. The van der Waals surface area contributed by atoms with Gasteiger partial charge in [-0.15, -0.1) is 0 Å². The van der Waals surface area contributed by atoms with Crippen molar-refractivity contribution in [1.82, 2.24) is 14.7 Å². The minimum atomic E-state index is -4.49. The van der Waals surface area contributed by atoms with Gasteiger partial charge in [0.1, 0.15) is 11.5 Å². The van der Waals surface area contributed by atoms with Gasteiger partial charge in [-0.25, -0.2) is 0 Å². The fourth-order valence-electron chi connectivity index (χ4n) is 4.55. The molecular formula is C25H28F3N3O4. The lowest BCUT2D eigenvalue weighted by molar-refractivity contribution is -0.170. The van der Waals surface area contributed by atoms with Gasteiger partial charge in [-0.2, -0.15) is 13.2 Å². The summed E-state index contributed by atoms with van der Waals surface area (Å²) in [6.07, 6.45) is -3.65. The van der Waals surface area contributed by atoms with Crippen LogP contribution in [0, 0.1) is 0 Å². The molecule has 0 saturated carbocycles. The van der Waals surface area contributed by atoms with Gasteiger partial charge < -0.3 is 14.4 Å². The number of likely N-dealkylation sites (N-methyl/N-ethyl adjacent to an activating group) is 1. The van der Waals surface area contributed by atoms with E-state index in [9.17, 15) is 22.8 Å². The Hall–Kier alpha value is -3.27. The van der Waals surface area contributed by atoms with E-state index in [4.69, 9.17) is 9.47 Å². The summed E-state index contributed by atoms with van der Waals surface area (Å²) in [5, 5.41) is 0. The van der Waals surface area contributed by atoms with Crippen molar-refractivity contribution in [3.05, 3.63) is 59.7 Å². The first-order valence-electron chi connectivity index (χ1n) is 11.4. The van der Waals surface area contributed by atoms with Gasteiger partial charge in [-0.1, -0.05) is 12.1 Å². The van der Waals surface area contributed by atoms with Gasteiger partial charge in [-0.05, 0) is 55.4 Å². The number of hydrogen-bond acceptors (Lipinski definition) is 5. The fourth-order valence-corrected chi connectivity index (χ4v) is 4.55. The van der Waals surface area contributed by atoms with E-state index < -0.39 is 17.5 Å². The maximum Gasteiger partial charge on any atom is 0.416 e. The zero-order chi connectivity index (χ0) is 25.2. The van der Waals surface area contributed by atoms with Gasteiger partial charge in [0.2, 0.25) is 5.91 Å². The summed E-state index contributed by atoms with van der Waals surface area (Å²) in [4.78, 5) is 32.3. The predicted molar refractivity (Wildman–Crippen MR) is 122 cm³/mol. The molecule has 2 aromatic carbocycles. The highest BCUT2D eigenvalue weighted by Crippen LogP contribution is 2.37. The highest BCUT2D eigenvalue weighted by molar-refractivity contribution is 5.92. The zero-order valence-electron chi connectivity index (χ0n) is 19.7. The molecule has 188 valence electrons. The molecule has 0 N–H and O–H groups in total. The first kappa shape index (κ1) is 24.8. The normalized spacial score (nSPS) is 20.8. The van der Waals surface area contributed by atoms with E-state index in [-0.39, 0.29) is 30.4 Å². The molecule has 0 spiro atoms. The van der Waals surface area contributed by atoms with Crippen molar-refractivity contribution in [2.75, 3.05) is 40.5 Å². The highest BCUT2D eigenvalue weighted by Gasteiger charge is 2.54. The van der Waals surface area contributed by atoms with E-state index in [1.165, 1.54) is 17.0 Å². The Morgan fingerprint density at radius 2 is 1.63 bits per heavy atom. The van der Waals surface area contributed by atoms with Gasteiger partial charge in [0.15, 0.2) is 0 Å². The molecule has 2 amide bonds. The van der Waals surface area contributed by atoms with Gasteiger partial charge in [-0.3, -0.25) is 19.4 Å². The Labute approximate surface area is 202 Å². The Morgan fingerprint density at radius 1 is 0.971 bits per heavy atom. The second kappa shape index (κ2) is 9.77. The third-order valence-corrected chi connectivity index (χ3v) is 6.40. The number of hydrogen-bond donors (Lipinski definition) is 0. The standard InChI is InChI=1S/C25H28F3N3O4/c1-29-14-15-30(17-29)23(33)24(35-21-10-6-19(7-11-21)25(26,27)28)12-3-13-31(24)22(32)16-18-4-8-20(34-2)9-5-18/h4-11H,3,12-17H2,1-2H3. The van der Waals surface area contributed by atoms with Crippen molar-refractivity contribution < 1.29 is 32.2 Å². The number of benzene rings is 2. The molecule has 2 aliphatic rings. The van der Waals surface area contributed by atoms with Crippen LogP contribution >= 0.6 is 0 Å². The number of alkyl halides is 3. The van der Waals surface area contributed by atoms with Crippen LogP contribution < -0.4 is 9.47 Å². The number of carbonyl (C=O) groups excluding carboxylic acids is 2. The maximum atomic E-state index is 13.8. The van der Waals surface area contributed by atoms with Crippen molar-refractivity contribution in [2.45, 2.75) is 31.2 Å². The van der Waals surface area contributed by atoms with Crippen molar-refractivity contribution in [1.29, 1.82) is 0 Å². The first-order chi connectivity index (χ1) is 16.6. The summed E-state index contributed by atoms with van der Waals surface area (Å²) in [6.45, 7) is 1.86. The van der Waals surface area contributed by atoms with Crippen LogP contribution in [0.2, 0.25) is 0 Å². The van der Waals surface area contributed by atoms with Crippen molar-refractivity contribution in [3.8, 4) is 11.5 Å². The molecule has 0 radical (unpaired) electrons. The minimum Gasteiger partial charge on any atom is -0.497 e. The summed E-state index contributed by atoms with van der Waals surface area (Å²) in [7, 11) is 3.44. The number of halogens is 3. The van der Waals surface area contributed by atoms with Gasteiger partial charge in [0.05, 0.1) is 25.8 Å². The lowest BCUT2D eigenvalue weighted by Gasteiger charge is -2.39. The van der Waals surface area contributed by atoms with E-state index in [2.05, 4.69) is 0 Å². The Bertz CT molecular complexity index is 1060. The van der Waals surface area contributed by atoms with Gasteiger partial charge >= 0.3 is 6.18 Å². The van der Waals surface area contributed by atoms with Crippen LogP contribution in [-0.4, -0.2) is 72.7 Å². The molecule has 2 aliphatic heterocycles. The van der Waals surface area contributed by atoms with Crippen LogP contribution in [0.5, 0.6) is 11.5 Å². The minimum absolute atomic E-state index is 0.0509. The lowest BCUT2D eigenvalue weighted by Crippen LogP contribution is -2.62. The Balaban J connectivity index is 1.63. The number of carbonyl (C=O) groups is 2. The molecule has 10 heteroatoms. The molecule has 2 fully saturated rings. The van der Waals surface area contributed by atoms with Crippen LogP contribution in [0.25, 0.3) is 0 Å². The number of rotatable bonds is 6. The van der Waals surface area contributed by atoms with E-state index >= 15 is 0 Å². The molecule has 0 aliphatic carbocycles. The third-order valence-electron chi connectivity index (χ3n) is 6.40. The first-order valence-corrected chi connectivity index (χ1v) is 11.4. The second-order valence-electron chi connectivity index (χ2n) is 8.87. The average Bonchev–Trinajstić information content (AvgIpc) is 3.46. The van der Waals surface area contributed by atoms with Gasteiger partial charge in [0.25, 0.3) is 11.6 Å². The SMILES string of the molecule is COc1ccc(CC(=O)N2CCCC2(Oc2ccc(C(F)(F)F)cc2)C(=O)N2CCN(C)C2)cc1. The molecular weight excluding hydrogens is 463 g/mol. The molecule has 2 aromatic rings. The fraction of sp³-hybridized carbons (Fsp3) is 0.440. The second-order valence-corrected chi connectivity index (χ2v) is 8.87. The maximum absolute atomic E-state index is 13.8. The topological polar surface area (TPSA) is 62.3 Å². The monoisotopic (exact) mass is 491 g/mol. The molecule has 1 unspecified atom stereocenters. The summed E-state index contributed by atoms with van der Waals surface area (Å²) in [6, 6.07) is 11.3. The van der Waals surface area contributed by atoms with Crippen LogP contribution in [0.4, 0.5) is 13.2 Å². The smallest absolute Gasteiger partial charge is 0.416 e. The summed E-state index contributed by atoms with van der Waals surface area (Å²) < 4.78 is 50.4. The summed E-state index contributed by atoms with van der Waals surface area (Å²) >= 11 is 0. The van der Waals surface area contributed by atoms with E-state index in [1.807, 2.05) is 11.9 Å². The Morgan fingerprint density at radius 3 is 2.20 bits per heavy atom. The predicted octanol–water partition coefficient (Wildman–Crippen LogP) is 3.39. The quantitative estimate of drug-likeness (QED) is 0.620. The van der Waals surface area contributed by atoms with Crippen LogP contribution in [0.15, 0.2) is 48.5 Å². The van der Waals surface area contributed by atoms with Crippen LogP contribution in [0.3, 0.4) is 0 Å². The third kappa shape index (κ3) is 5.22. The number of nitrogens with zero attached hydrogens (tertiary/aromatic N) is 3. The van der Waals surface area contributed by atoms with Crippen molar-refractivity contribution >= 4 is 11.8 Å². The Kier molecular flexibility index (Phi) is 6.93. The van der Waals surface area contributed by atoms with Crippen molar-refractivity contribution in [2.24, 2.45) is 0 Å². The lowest BCUT2D eigenvalue weighted by atomic mass is 10.1. The molecule has 35 heavy (non-hydrogen) atoms. The average molecular weight is 492 g/mol. The number of ether oxygens (including phenoxy) is 2. The van der Waals surface area contributed by atoms with E-state index in [1.54, 1.807) is 36.3 Å². The molecule has 2 heterocycles. The zero-order valence-corrected chi connectivity index (χ0v) is 19.7. The largest absolute Gasteiger partial charge is 0.497 e. The molecule has 1 atom stereocenters. The summed E-state index contributed by atoms with van der Waals surface area (Å²) in [5.74, 6) is 0.113. The molecule has 4 rings (SSSR count). The van der Waals surface area contributed by atoms with E-state index in [0.717, 1.165) is 17.7 Å². The van der Waals surface area contributed by atoms with Gasteiger partial charge in [0, 0.05) is 26.1 Å². The molecule has 2 saturated heterocycles. The number of likely N-dealkylation sites (tertiary alicyclic amines) is 1. The van der Waals surface area contributed by atoms with Crippen molar-refractivity contribution in [3.63, 3.8) is 0 Å². The highest BCUT2D eigenvalue weighted by atomic mass is 19.4. The molecule has 7 nitrogen and oxygen atoms in total. The van der Waals surface area contributed by atoms with Crippen LogP contribution in [0.1, 0.15) is 24.0 Å².